The van der Waals surface area contributed by atoms with Crippen LogP contribution < -0.4 is 0 Å². The zero-order chi connectivity index (χ0) is 13.1. The first kappa shape index (κ1) is 11.9. The zero-order valence-electron chi connectivity index (χ0n) is 11.2. The highest BCUT2D eigenvalue weighted by Gasteiger charge is 2.68. The minimum Gasteiger partial charge on any atom is -0.340 e. The van der Waals surface area contributed by atoms with Crippen molar-refractivity contribution in [1.82, 2.24) is 0 Å². The maximum atomic E-state index is 9.84. The molecule has 3 heterocycles. The maximum Gasteiger partial charge on any atom is 0.213 e. The largest absolute Gasteiger partial charge is 0.340 e. The average Bonchev–Trinajstić information content (AvgIpc) is 2.65. The van der Waals surface area contributed by atoms with E-state index in [1.807, 2.05) is 6.92 Å². The molecule has 0 amide bonds. The van der Waals surface area contributed by atoms with Gasteiger partial charge in [0.1, 0.15) is 0 Å². The van der Waals surface area contributed by atoms with Gasteiger partial charge in [-0.2, -0.15) is 10.1 Å². The van der Waals surface area contributed by atoms with Gasteiger partial charge in [0, 0.05) is 5.92 Å². The van der Waals surface area contributed by atoms with Crippen molar-refractivity contribution in [3.8, 4) is 6.07 Å². The van der Waals surface area contributed by atoms with E-state index in [0.29, 0.717) is 0 Å². The molecule has 5 atom stereocenters. The van der Waals surface area contributed by atoms with E-state index in [1.54, 1.807) is 0 Å². The number of fused-ring (bicyclic) bond motifs is 1. The third kappa shape index (κ3) is 1.29. The summed E-state index contributed by atoms with van der Waals surface area (Å²) in [5, 5.41) is 9.84. The molecule has 0 aromatic rings. The topological polar surface area (TPSA) is 51.5 Å². The fourth-order valence-corrected chi connectivity index (χ4v) is 4.70. The van der Waals surface area contributed by atoms with Crippen LogP contribution in [0.25, 0.3) is 0 Å². The Kier molecular flexibility index (Phi) is 2.39. The fraction of sp³-hybridized carbons (Fsp3) is 0.800. The minimum absolute atomic E-state index is 0.00125. The van der Waals surface area contributed by atoms with Gasteiger partial charge in [-0.05, 0) is 44.6 Å². The van der Waals surface area contributed by atoms with Crippen molar-refractivity contribution in [1.29, 1.82) is 5.26 Å². The Bertz CT molecular complexity index is 478. The number of nitrogens with zero attached hydrogens (tertiary/aromatic N) is 1. The first-order valence-corrected chi connectivity index (χ1v) is 7.31. The zero-order valence-corrected chi connectivity index (χ0v) is 11.2. The van der Waals surface area contributed by atoms with E-state index in [-0.39, 0.29) is 18.3 Å². The summed E-state index contributed by atoms with van der Waals surface area (Å²) in [6.07, 6.45) is 7.84. The second-order valence-electron chi connectivity index (χ2n) is 6.42. The molecule has 0 N–H and O–H groups in total. The van der Waals surface area contributed by atoms with E-state index in [4.69, 9.17) is 14.5 Å². The van der Waals surface area contributed by atoms with Gasteiger partial charge in [-0.3, -0.25) is 0 Å². The summed E-state index contributed by atoms with van der Waals surface area (Å²) >= 11 is 0. The van der Waals surface area contributed by atoms with Crippen LogP contribution in [0, 0.1) is 22.7 Å². The lowest BCUT2D eigenvalue weighted by Crippen LogP contribution is -2.68. The van der Waals surface area contributed by atoms with Crippen LogP contribution in [-0.2, 0) is 14.5 Å². The quantitative estimate of drug-likeness (QED) is 0.497. The van der Waals surface area contributed by atoms with Crippen molar-refractivity contribution in [2.45, 2.75) is 63.4 Å². The summed E-state index contributed by atoms with van der Waals surface area (Å²) in [6.45, 7) is 2.03. The van der Waals surface area contributed by atoms with Crippen molar-refractivity contribution in [3.63, 3.8) is 0 Å². The molecule has 2 saturated carbocycles. The molecule has 19 heavy (non-hydrogen) atoms. The highest BCUT2D eigenvalue weighted by atomic mass is 17.2. The van der Waals surface area contributed by atoms with Gasteiger partial charge in [-0.15, -0.1) is 0 Å². The first-order valence-electron chi connectivity index (χ1n) is 7.31. The minimum atomic E-state index is -0.577. The van der Waals surface area contributed by atoms with Crippen molar-refractivity contribution < 1.29 is 14.5 Å². The Labute approximate surface area is 113 Å². The van der Waals surface area contributed by atoms with Crippen LogP contribution in [0.2, 0.25) is 0 Å². The van der Waals surface area contributed by atoms with Gasteiger partial charge in [-0.25, -0.2) is 4.89 Å². The monoisotopic (exact) mass is 261 g/mol. The standard InChI is InChI=1S/C15H19NO3/c1-10-8-11-4-2-6-14(9-16)7-3-5-12-15(11,14)19-18-13(10)17-12/h8,11-13H,2-7H2,1H3/t11?,12-,13?,14+,15+/m1/s1. The molecule has 4 heteroatoms. The molecule has 2 aliphatic carbocycles. The molecule has 5 aliphatic rings. The highest BCUT2D eigenvalue weighted by Crippen LogP contribution is 2.61. The van der Waals surface area contributed by atoms with Crippen molar-refractivity contribution in [3.05, 3.63) is 11.6 Å². The van der Waals surface area contributed by atoms with Gasteiger partial charge in [0.2, 0.25) is 6.29 Å². The maximum absolute atomic E-state index is 9.84. The summed E-state index contributed by atoms with van der Waals surface area (Å²) < 4.78 is 6.11. The molecule has 3 fully saturated rings. The first-order chi connectivity index (χ1) is 9.22. The molecule has 0 aromatic carbocycles. The number of hydrogen-bond acceptors (Lipinski definition) is 4. The van der Waals surface area contributed by atoms with Crippen molar-refractivity contribution in [2.75, 3.05) is 0 Å². The Hall–Kier alpha value is -0.890. The summed E-state index contributed by atoms with van der Waals surface area (Å²) in [5.41, 5.74) is 0.0715. The highest BCUT2D eigenvalue weighted by molar-refractivity contribution is 5.27. The number of hydrogen-bond donors (Lipinski definition) is 0. The van der Waals surface area contributed by atoms with Crippen LogP contribution in [0.5, 0.6) is 0 Å². The molecule has 102 valence electrons. The molecule has 1 saturated heterocycles. The van der Waals surface area contributed by atoms with Crippen LogP contribution in [0.3, 0.4) is 0 Å². The SMILES string of the molecule is CC1=CC2CCC[C@@]3(C#N)CCC[C@H]4OC1OO[C@@]243. The van der Waals surface area contributed by atoms with Crippen molar-refractivity contribution >= 4 is 0 Å². The third-order valence-electron chi connectivity index (χ3n) is 5.58. The molecule has 1 spiro atoms. The predicted molar refractivity (Wildman–Crippen MR) is 66.6 cm³/mol. The summed E-state index contributed by atoms with van der Waals surface area (Å²) in [7, 11) is 0. The van der Waals surface area contributed by atoms with Gasteiger partial charge in [0.25, 0.3) is 0 Å². The van der Waals surface area contributed by atoms with E-state index in [9.17, 15) is 5.26 Å². The number of nitriles is 1. The third-order valence-corrected chi connectivity index (χ3v) is 5.58. The lowest BCUT2D eigenvalue weighted by atomic mass is 9.52. The van der Waals surface area contributed by atoms with E-state index < -0.39 is 11.0 Å². The Morgan fingerprint density at radius 2 is 2.11 bits per heavy atom. The predicted octanol–water partition coefficient (Wildman–Crippen LogP) is 2.85. The van der Waals surface area contributed by atoms with Gasteiger partial charge in [0.15, 0.2) is 5.60 Å². The summed E-state index contributed by atoms with van der Waals surface area (Å²) in [5.74, 6) is 0.249. The van der Waals surface area contributed by atoms with Crippen LogP contribution >= 0.6 is 0 Å². The molecule has 2 bridgehead atoms. The van der Waals surface area contributed by atoms with Gasteiger partial charge < -0.3 is 4.74 Å². The average molecular weight is 261 g/mol. The van der Waals surface area contributed by atoms with E-state index >= 15 is 0 Å². The second kappa shape index (κ2) is 3.82. The van der Waals surface area contributed by atoms with Crippen molar-refractivity contribution in [2.24, 2.45) is 11.3 Å². The van der Waals surface area contributed by atoms with Crippen LogP contribution in [0.1, 0.15) is 45.4 Å². The molecule has 4 nitrogen and oxygen atoms in total. The van der Waals surface area contributed by atoms with E-state index in [0.717, 1.165) is 44.1 Å². The second-order valence-corrected chi connectivity index (χ2v) is 6.42. The molecule has 2 unspecified atom stereocenters. The lowest BCUT2D eigenvalue weighted by Gasteiger charge is -2.58. The molecule has 0 radical (unpaired) electrons. The number of rotatable bonds is 0. The molecular formula is C15H19NO3. The lowest BCUT2D eigenvalue weighted by molar-refractivity contribution is -0.506. The summed E-state index contributed by atoms with van der Waals surface area (Å²) in [4.78, 5) is 11.4. The number of ether oxygens (including phenoxy) is 1. The Morgan fingerprint density at radius 3 is 2.89 bits per heavy atom. The van der Waals surface area contributed by atoms with Crippen LogP contribution in [0.4, 0.5) is 0 Å². The van der Waals surface area contributed by atoms with Gasteiger partial charge in [0.05, 0.1) is 17.6 Å². The van der Waals surface area contributed by atoms with Crippen LogP contribution in [0.15, 0.2) is 11.6 Å². The molecule has 5 rings (SSSR count). The molecular weight excluding hydrogens is 242 g/mol. The smallest absolute Gasteiger partial charge is 0.213 e. The molecule has 0 aromatic heterocycles. The normalized spacial score (nSPS) is 51.8. The van der Waals surface area contributed by atoms with Crippen LogP contribution in [-0.4, -0.2) is 18.0 Å². The fourth-order valence-electron chi connectivity index (χ4n) is 4.70. The Morgan fingerprint density at radius 1 is 1.32 bits per heavy atom. The molecule has 3 aliphatic heterocycles. The van der Waals surface area contributed by atoms with E-state index in [1.165, 1.54) is 0 Å². The van der Waals surface area contributed by atoms with Gasteiger partial charge >= 0.3 is 0 Å². The van der Waals surface area contributed by atoms with E-state index in [2.05, 4.69) is 12.1 Å². The summed E-state index contributed by atoms with van der Waals surface area (Å²) in [6, 6.07) is 2.59. The van der Waals surface area contributed by atoms with Gasteiger partial charge in [-0.1, -0.05) is 12.5 Å². The Balaban J connectivity index is 1.91.